The van der Waals surface area contributed by atoms with Crippen LogP contribution in [0.25, 0.3) is 16.8 Å². The highest BCUT2D eigenvalue weighted by Crippen LogP contribution is 2.35. The zero-order chi connectivity index (χ0) is 30.7. The molecule has 0 unspecified atom stereocenters. The molecule has 0 aromatic heterocycles. The molecule has 1 nitrogen and oxygen atoms in total. The summed E-state index contributed by atoms with van der Waals surface area (Å²) in [6.45, 7) is 29.6. The number of allylic oxidation sites excluding steroid dienone is 2. The van der Waals surface area contributed by atoms with Crippen LogP contribution in [0.5, 0.6) is 0 Å². The topological polar surface area (TPSA) is 12.0 Å². The lowest BCUT2D eigenvalue weighted by molar-refractivity contribution is 0.737. The minimum Gasteiger partial charge on any atom is -0.381 e. The second-order valence-electron chi connectivity index (χ2n) is 10.9. The molecule has 0 atom stereocenters. The van der Waals surface area contributed by atoms with Crippen molar-refractivity contribution < 1.29 is 0 Å². The monoisotopic (exact) mass is 541 g/mol. The van der Waals surface area contributed by atoms with Crippen molar-refractivity contribution in [2.45, 2.75) is 102 Å². The summed E-state index contributed by atoms with van der Waals surface area (Å²) in [5, 5.41) is 3.74. The van der Waals surface area contributed by atoms with Gasteiger partial charge in [-0.15, -0.1) is 6.58 Å². The Morgan fingerprint density at radius 1 is 0.750 bits per heavy atom. The van der Waals surface area contributed by atoms with Crippen molar-refractivity contribution in [2.75, 3.05) is 0 Å². The van der Waals surface area contributed by atoms with Crippen molar-refractivity contribution in [1.82, 2.24) is 5.32 Å². The molecule has 0 spiro atoms. The first-order valence-corrected chi connectivity index (χ1v) is 15.4. The fourth-order valence-electron chi connectivity index (χ4n) is 3.51. The van der Waals surface area contributed by atoms with E-state index >= 15 is 0 Å². The highest BCUT2D eigenvalue weighted by atomic mass is 14.9. The Kier molecular flexibility index (Phi) is 19.2. The Bertz CT molecular complexity index is 1120. The van der Waals surface area contributed by atoms with Crippen molar-refractivity contribution in [3.8, 4) is 11.1 Å². The van der Waals surface area contributed by atoms with Gasteiger partial charge in [0.25, 0.3) is 0 Å². The summed E-state index contributed by atoms with van der Waals surface area (Å²) < 4.78 is 0. The third-order valence-electron chi connectivity index (χ3n) is 5.82. The number of benzene rings is 3. The molecular formula is C39H59N. The molecule has 0 saturated heterocycles. The Morgan fingerprint density at radius 3 is 1.75 bits per heavy atom. The molecule has 1 heteroatoms. The minimum absolute atomic E-state index is 0.648. The molecule has 0 amide bonds. The lowest BCUT2D eigenvalue weighted by Crippen LogP contribution is -2.13. The number of rotatable bonds is 6. The van der Waals surface area contributed by atoms with Gasteiger partial charge in [-0.1, -0.05) is 140 Å². The number of nitrogens with one attached hydrogen (secondary N) is 1. The maximum Gasteiger partial charge on any atom is 0.0408 e. The fourth-order valence-corrected chi connectivity index (χ4v) is 3.51. The van der Waals surface area contributed by atoms with Gasteiger partial charge < -0.3 is 5.32 Å². The van der Waals surface area contributed by atoms with E-state index in [0.29, 0.717) is 5.92 Å². The molecule has 0 heterocycles. The van der Waals surface area contributed by atoms with Crippen molar-refractivity contribution in [2.24, 2.45) is 11.8 Å². The molecule has 0 bridgehead atoms. The van der Waals surface area contributed by atoms with Gasteiger partial charge in [-0.05, 0) is 84.9 Å². The highest BCUT2D eigenvalue weighted by Gasteiger charge is 2.19. The maximum absolute atomic E-state index is 3.74. The van der Waals surface area contributed by atoms with E-state index in [4.69, 9.17) is 0 Å². The minimum atomic E-state index is 0.648. The first-order chi connectivity index (χ1) is 19.1. The second kappa shape index (κ2) is 20.8. The van der Waals surface area contributed by atoms with Gasteiger partial charge in [-0.2, -0.15) is 0 Å². The largest absolute Gasteiger partial charge is 0.381 e. The zero-order valence-corrected chi connectivity index (χ0v) is 27.9. The van der Waals surface area contributed by atoms with Crippen LogP contribution in [0.3, 0.4) is 0 Å². The zero-order valence-electron chi connectivity index (χ0n) is 27.9. The first-order valence-electron chi connectivity index (χ1n) is 15.4. The molecule has 1 saturated carbocycles. The molecule has 1 aliphatic carbocycles. The maximum atomic E-state index is 3.74. The van der Waals surface area contributed by atoms with Crippen LogP contribution in [0.15, 0.2) is 85.0 Å². The number of hydrogen-bond donors (Lipinski definition) is 1. The van der Waals surface area contributed by atoms with Gasteiger partial charge in [0.15, 0.2) is 0 Å². The van der Waals surface area contributed by atoms with Crippen LogP contribution in [0.2, 0.25) is 0 Å². The summed E-state index contributed by atoms with van der Waals surface area (Å²) in [5.41, 5.74) is 12.1. The second-order valence-corrected chi connectivity index (χ2v) is 10.9. The fraction of sp³-hybridized carbons (Fsp3) is 0.436. The van der Waals surface area contributed by atoms with E-state index in [1.165, 1.54) is 57.5 Å². The number of hydrogen-bond acceptors (Lipinski definition) is 1. The summed E-state index contributed by atoms with van der Waals surface area (Å²) in [4.78, 5) is 0. The smallest absolute Gasteiger partial charge is 0.0408 e. The third kappa shape index (κ3) is 14.9. The van der Waals surface area contributed by atoms with Gasteiger partial charge in [0, 0.05) is 12.2 Å². The van der Waals surface area contributed by atoms with E-state index in [1.807, 2.05) is 33.8 Å². The predicted octanol–water partition coefficient (Wildman–Crippen LogP) is 12.1. The predicted molar refractivity (Wildman–Crippen MR) is 184 cm³/mol. The number of aryl methyl sites for hydroxylation is 3. The van der Waals surface area contributed by atoms with Crippen molar-refractivity contribution >= 4 is 5.70 Å². The van der Waals surface area contributed by atoms with Gasteiger partial charge in [0.1, 0.15) is 0 Å². The average Bonchev–Trinajstić information content (AvgIpc) is 3.78. The lowest BCUT2D eigenvalue weighted by atomic mass is 9.98. The Labute approximate surface area is 248 Å². The SMILES string of the molecule is C=CC(C)C.CC.CC.CC(C)C.Cc1ccc(C(NCc2cc(-c3cccc(C)c3)ccc2C)=C2CC2)cc1. The molecule has 0 radical (unpaired) electrons. The summed E-state index contributed by atoms with van der Waals surface area (Å²) in [7, 11) is 0. The van der Waals surface area contributed by atoms with Crippen LogP contribution in [-0.4, -0.2) is 0 Å². The molecule has 3 aromatic carbocycles. The lowest BCUT2D eigenvalue weighted by Gasteiger charge is -2.15. The molecule has 40 heavy (non-hydrogen) atoms. The normalized spacial score (nSPS) is 10.9. The van der Waals surface area contributed by atoms with Gasteiger partial charge in [-0.25, -0.2) is 0 Å². The van der Waals surface area contributed by atoms with Crippen molar-refractivity contribution in [3.63, 3.8) is 0 Å². The van der Waals surface area contributed by atoms with Gasteiger partial charge in [-0.3, -0.25) is 0 Å². The van der Waals surface area contributed by atoms with Crippen LogP contribution < -0.4 is 5.32 Å². The van der Waals surface area contributed by atoms with E-state index < -0.39 is 0 Å². The van der Waals surface area contributed by atoms with E-state index in [2.05, 4.69) is 134 Å². The Balaban J connectivity index is 0.000000998. The molecule has 1 fully saturated rings. The standard InChI is InChI=1S/C26H27N.C5H10.C4H10.2C2H6/c1-18-7-10-21(11-8-18)26(22-13-14-22)27-17-25-16-24(12-9-20(25)3)23-6-4-5-19(2)15-23;1-4-5(2)3;1-4(2)3;2*1-2/h4-12,15-16,27H,13-14,17H2,1-3H3;4-5H,1H2,2-3H3;4H,1-3H3;2*1-2H3. The third-order valence-corrected chi connectivity index (χ3v) is 5.82. The van der Waals surface area contributed by atoms with Gasteiger partial charge >= 0.3 is 0 Å². The van der Waals surface area contributed by atoms with E-state index in [1.54, 1.807) is 5.57 Å². The Hall–Kier alpha value is -3.06. The molecule has 3 aromatic rings. The molecule has 0 aliphatic heterocycles. The molecule has 220 valence electrons. The first kappa shape index (κ1) is 36.9. The average molecular weight is 542 g/mol. The van der Waals surface area contributed by atoms with E-state index in [-0.39, 0.29) is 0 Å². The van der Waals surface area contributed by atoms with Crippen molar-refractivity contribution in [3.05, 3.63) is 113 Å². The summed E-state index contributed by atoms with van der Waals surface area (Å²) in [5.74, 6) is 1.48. The van der Waals surface area contributed by atoms with Crippen LogP contribution in [-0.2, 0) is 6.54 Å². The summed E-state index contributed by atoms with van der Waals surface area (Å²) in [6.07, 6.45) is 4.36. The summed E-state index contributed by atoms with van der Waals surface area (Å²) in [6, 6.07) is 24.4. The van der Waals surface area contributed by atoms with Crippen LogP contribution in [0.1, 0.15) is 103 Å². The van der Waals surface area contributed by atoms with Crippen LogP contribution in [0.4, 0.5) is 0 Å². The highest BCUT2D eigenvalue weighted by molar-refractivity contribution is 5.70. The van der Waals surface area contributed by atoms with Crippen LogP contribution in [0, 0.1) is 32.6 Å². The van der Waals surface area contributed by atoms with E-state index in [9.17, 15) is 0 Å². The quantitative estimate of drug-likeness (QED) is 0.306. The molecule has 1 aliphatic rings. The molecular weight excluding hydrogens is 482 g/mol. The molecule has 4 rings (SSSR count). The van der Waals surface area contributed by atoms with Crippen molar-refractivity contribution in [1.29, 1.82) is 0 Å². The van der Waals surface area contributed by atoms with E-state index in [0.717, 1.165) is 12.5 Å². The van der Waals surface area contributed by atoms with Gasteiger partial charge in [0.05, 0.1) is 0 Å². The summed E-state index contributed by atoms with van der Waals surface area (Å²) >= 11 is 0. The van der Waals surface area contributed by atoms with Crippen LogP contribution >= 0.6 is 0 Å². The molecule has 1 N–H and O–H groups in total. The Morgan fingerprint density at radius 2 is 1.27 bits per heavy atom. The van der Waals surface area contributed by atoms with Gasteiger partial charge in [0.2, 0.25) is 0 Å².